The fourth-order valence-electron chi connectivity index (χ4n) is 1.79. The molecule has 0 bridgehead atoms. The number of sulfonamides is 1. The number of carbonyl (C=O) groups is 3. The van der Waals surface area contributed by atoms with Crippen LogP contribution in [0.2, 0.25) is 0 Å². The molecule has 2 aromatic rings. The first-order valence-electron chi connectivity index (χ1n) is 7.82. The van der Waals surface area contributed by atoms with Gasteiger partial charge < -0.3 is 15.4 Å². The first-order chi connectivity index (χ1) is 13.2. The van der Waals surface area contributed by atoms with Crippen LogP contribution in [0.1, 0.15) is 19.4 Å². The lowest BCUT2D eigenvalue weighted by Gasteiger charge is -2.13. The van der Waals surface area contributed by atoms with Crippen molar-refractivity contribution in [1.29, 1.82) is 0 Å². The van der Waals surface area contributed by atoms with Crippen LogP contribution >= 0.6 is 11.3 Å². The molecule has 1 heterocycles. The highest BCUT2D eigenvalue weighted by molar-refractivity contribution is 7.92. The number of ether oxygens (including phenoxy) is 1. The quantitative estimate of drug-likeness (QED) is 0.543. The number of alkyl carbamates (subject to hydrolysis) is 1. The third kappa shape index (κ3) is 6.28. The van der Waals surface area contributed by atoms with Gasteiger partial charge in [0.25, 0.3) is 20.3 Å². The summed E-state index contributed by atoms with van der Waals surface area (Å²) in [7, 11) is -4.31. The van der Waals surface area contributed by atoms with E-state index in [9.17, 15) is 22.8 Å². The molecule has 3 N–H and O–H groups in total. The van der Waals surface area contributed by atoms with E-state index in [4.69, 9.17) is 4.74 Å². The molecule has 28 heavy (non-hydrogen) atoms. The summed E-state index contributed by atoms with van der Waals surface area (Å²) in [5.41, 5.74) is 0.753. The zero-order valence-corrected chi connectivity index (χ0v) is 16.5. The van der Waals surface area contributed by atoms with E-state index >= 15 is 0 Å². The molecule has 3 amide bonds. The molecule has 2 rings (SSSR count). The normalized spacial score (nSPS) is 11.9. The number of benzene rings is 1. The highest BCUT2D eigenvalue weighted by atomic mass is 32.2. The monoisotopic (exact) mass is 427 g/mol. The van der Waals surface area contributed by atoms with Gasteiger partial charge in [-0.05, 0) is 12.5 Å². The average Bonchev–Trinajstić information content (AvgIpc) is 3.09. The minimum Gasteiger partial charge on any atom is -0.445 e. The third-order valence-corrected chi connectivity index (χ3v) is 5.65. The van der Waals surface area contributed by atoms with E-state index in [0.29, 0.717) is 11.3 Å². The first kappa shape index (κ1) is 21.2. The Balaban J connectivity index is 1.88. The van der Waals surface area contributed by atoms with E-state index in [1.807, 2.05) is 6.07 Å². The molecule has 0 unspecified atom stereocenters. The number of anilines is 1. The second-order valence-corrected chi connectivity index (χ2v) is 8.29. The maximum absolute atomic E-state index is 12.2. The van der Waals surface area contributed by atoms with E-state index in [1.54, 1.807) is 29.0 Å². The molecule has 0 saturated heterocycles. The van der Waals surface area contributed by atoms with Crippen LogP contribution < -0.4 is 15.4 Å². The van der Waals surface area contributed by atoms with Crippen LogP contribution in [0.25, 0.3) is 0 Å². The summed E-state index contributed by atoms with van der Waals surface area (Å²) < 4.78 is 30.6. The van der Waals surface area contributed by atoms with Crippen LogP contribution in [-0.2, 0) is 31.0 Å². The van der Waals surface area contributed by atoms with Crippen LogP contribution in [0.4, 0.5) is 9.93 Å². The minimum absolute atomic E-state index is 0.00395. The van der Waals surface area contributed by atoms with Crippen LogP contribution in [0.3, 0.4) is 0 Å². The fraction of sp³-hybridized carbons (Fsp3) is 0.267. The number of aromatic nitrogens is 2. The van der Waals surface area contributed by atoms with Gasteiger partial charge in [0.15, 0.2) is 0 Å². The number of hydrogen-bond donors (Lipinski definition) is 3. The Morgan fingerprint density at radius 3 is 2.50 bits per heavy atom. The SMILES string of the molecule is CC(=O)Nc1nnc(S(=O)(=O)NC(=O)[C@H](C)NC(=O)OCc2ccccc2)s1. The number of nitrogens with one attached hydrogen (secondary N) is 3. The number of hydrogen-bond acceptors (Lipinski definition) is 9. The molecule has 0 saturated carbocycles. The molecule has 150 valence electrons. The number of amides is 3. The van der Waals surface area contributed by atoms with Crippen molar-refractivity contribution in [3.63, 3.8) is 0 Å². The molecular formula is C15H17N5O6S2. The van der Waals surface area contributed by atoms with Gasteiger partial charge in [0, 0.05) is 6.92 Å². The largest absolute Gasteiger partial charge is 0.445 e. The highest BCUT2D eigenvalue weighted by Gasteiger charge is 2.26. The molecule has 0 spiro atoms. The van der Waals surface area contributed by atoms with Gasteiger partial charge in [-0.3, -0.25) is 9.59 Å². The zero-order valence-electron chi connectivity index (χ0n) is 14.8. The van der Waals surface area contributed by atoms with Gasteiger partial charge >= 0.3 is 6.09 Å². The molecular weight excluding hydrogens is 410 g/mol. The Bertz CT molecular complexity index is 960. The topological polar surface area (TPSA) is 156 Å². The van der Waals surface area contributed by atoms with Gasteiger partial charge in [-0.25, -0.2) is 9.52 Å². The van der Waals surface area contributed by atoms with Crippen LogP contribution in [0.5, 0.6) is 0 Å². The molecule has 13 heteroatoms. The van der Waals surface area contributed by atoms with Crippen LogP contribution in [-0.4, -0.2) is 42.6 Å². The highest BCUT2D eigenvalue weighted by Crippen LogP contribution is 2.19. The summed E-state index contributed by atoms with van der Waals surface area (Å²) >= 11 is 0.573. The van der Waals surface area contributed by atoms with Crippen LogP contribution in [0, 0.1) is 0 Å². The molecule has 0 aliphatic rings. The average molecular weight is 427 g/mol. The van der Waals surface area contributed by atoms with Gasteiger partial charge in [-0.15, -0.1) is 10.2 Å². The molecule has 11 nitrogen and oxygen atoms in total. The molecule has 0 fully saturated rings. The molecule has 1 aromatic heterocycles. The summed E-state index contributed by atoms with van der Waals surface area (Å²) in [6.45, 7) is 2.51. The molecule has 0 aliphatic heterocycles. The Kier molecular flexibility index (Phi) is 7.00. The standard InChI is InChI=1S/C15H17N5O6S2/c1-9(16-14(23)26-8-11-6-4-3-5-7-11)12(22)20-28(24,25)15-19-18-13(27-15)17-10(2)21/h3-7,9H,8H2,1-2H3,(H,16,23)(H,20,22)(H,17,18,21)/t9-/m0/s1. The molecule has 0 aliphatic carbocycles. The summed E-state index contributed by atoms with van der Waals surface area (Å²) in [5.74, 6) is -1.44. The zero-order chi connectivity index (χ0) is 20.7. The summed E-state index contributed by atoms with van der Waals surface area (Å²) in [5, 5.41) is 11.4. The second-order valence-electron chi connectivity index (χ2n) is 5.45. The molecule has 1 atom stereocenters. The lowest BCUT2D eigenvalue weighted by atomic mass is 10.2. The first-order valence-corrected chi connectivity index (χ1v) is 10.1. The van der Waals surface area contributed by atoms with Crippen molar-refractivity contribution < 1.29 is 27.5 Å². The van der Waals surface area contributed by atoms with Gasteiger partial charge in [-0.1, -0.05) is 41.7 Å². The van der Waals surface area contributed by atoms with E-state index < -0.39 is 38.3 Å². The maximum atomic E-state index is 12.2. The van der Waals surface area contributed by atoms with Crippen molar-refractivity contribution >= 4 is 44.4 Å². The van der Waals surface area contributed by atoms with Gasteiger partial charge in [0.1, 0.15) is 12.6 Å². The molecule has 0 radical (unpaired) electrons. The van der Waals surface area contributed by atoms with Crippen molar-refractivity contribution in [1.82, 2.24) is 20.2 Å². The van der Waals surface area contributed by atoms with Crippen molar-refractivity contribution in [3.05, 3.63) is 35.9 Å². The Morgan fingerprint density at radius 2 is 1.86 bits per heavy atom. The van der Waals surface area contributed by atoms with Gasteiger partial charge in [0.05, 0.1) is 0 Å². The summed E-state index contributed by atoms with van der Waals surface area (Å²) in [6.07, 6.45) is -0.882. The Labute approximate surface area is 164 Å². The number of nitrogens with zero attached hydrogens (tertiary/aromatic N) is 2. The van der Waals surface area contributed by atoms with E-state index in [1.165, 1.54) is 13.8 Å². The van der Waals surface area contributed by atoms with Crippen LogP contribution in [0.15, 0.2) is 34.7 Å². The lowest BCUT2D eigenvalue weighted by Crippen LogP contribution is -2.46. The minimum atomic E-state index is -4.31. The van der Waals surface area contributed by atoms with Crippen molar-refractivity contribution in [3.8, 4) is 0 Å². The van der Waals surface area contributed by atoms with Crippen molar-refractivity contribution in [2.75, 3.05) is 5.32 Å². The fourth-order valence-corrected chi connectivity index (χ4v) is 3.79. The number of rotatable bonds is 7. The molecule has 1 aromatic carbocycles. The second kappa shape index (κ2) is 9.23. The van der Waals surface area contributed by atoms with Gasteiger partial charge in [0.2, 0.25) is 11.0 Å². The van der Waals surface area contributed by atoms with E-state index in [-0.39, 0.29) is 11.7 Å². The predicted octanol–water partition coefficient (Wildman–Crippen LogP) is 0.616. The smallest absolute Gasteiger partial charge is 0.408 e. The van der Waals surface area contributed by atoms with E-state index in [0.717, 1.165) is 5.56 Å². The number of carbonyl (C=O) groups excluding carboxylic acids is 3. The summed E-state index contributed by atoms with van der Waals surface area (Å²) in [6, 6.07) is 7.69. The van der Waals surface area contributed by atoms with E-state index in [2.05, 4.69) is 20.8 Å². The third-order valence-electron chi connectivity index (χ3n) is 3.09. The Hall–Kier alpha value is -3.06. The predicted molar refractivity (Wildman–Crippen MR) is 98.8 cm³/mol. The van der Waals surface area contributed by atoms with Crippen molar-refractivity contribution in [2.24, 2.45) is 0 Å². The van der Waals surface area contributed by atoms with Gasteiger partial charge in [-0.2, -0.15) is 8.42 Å². The summed E-state index contributed by atoms with van der Waals surface area (Å²) in [4.78, 5) is 34.7. The Morgan fingerprint density at radius 1 is 1.18 bits per heavy atom. The maximum Gasteiger partial charge on any atom is 0.408 e. The van der Waals surface area contributed by atoms with Crippen molar-refractivity contribution in [2.45, 2.75) is 30.8 Å². The lowest BCUT2D eigenvalue weighted by molar-refractivity contribution is -0.121.